The van der Waals surface area contributed by atoms with E-state index in [-0.39, 0.29) is 0 Å². The summed E-state index contributed by atoms with van der Waals surface area (Å²) in [7, 11) is 0. The summed E-state index contributed by atoms with van der Waals surface area (Å²) in [6.45, 7) is 17.5. The maximum absolute atomic E-state index is 10.5. The van der Waals surface area contributed by atoms with Crippen molar-refractivity contribution in [3.05, 3.63) is 22.3 Å². The maximum Gasteiger partial charge on any atom is 0.122 e. The quantitative estimate of drug-likeness (QED) is 0.271. The van der Waals surface area contributed by atoms with Crippen LogP contribution >= 0.6 is 0 Å². The Hall–Kier alpha value is -1.18. The van der Waals surface area contributed by atoms with Crippen molar-refractivity contribution in [2.45, 2.75) is 126 Å². The molecule has 2 heteroatoms. The molecule has 0 aliphatic carbocycles. The topological polar surface area (TPSA) is 40.5 Å². The highest BCUT2D eigenvalue weighted by Gasteiger charge is 2.17. The Morgan fingerprint density at radius 2 is 0.903 bits per heavy atom. The van der Waals surface area contributed by atoms with Crippen LogP contribution in [0.25, 0.3) is 0 Å². The summed E-state index contributed by atoms with van der Waals surface area (Å²) in [5, 5.41) is 20.8. The minimum absolute atomic E-state index is 0.348. The normalized spacial score (nSPS) is 14.7. The van der Waals surface area contributed by atoms with Crippen LogP contribution in [0.4, 0.5) is 0 Å². The molecule has 1 aromatic carbocycles. The Labute approximate surface area is 193 Å². The largest absolute Gasteiger partial charge is 0.507 e. The van der Waals surface area contributed by atoms with E-state index in [0.29, 0.717) is 17.4 Å². The van der Waals surface area contributed by atoms with Crippen molar-refractivity contribution >= 4 is 0 Å². The molecule has 1 unspecified atom stereocenters. The van der Waals surface area contributed by atoms with E-state index in [9.17, 15) is 10.2 Å². The second-order valence-corrected chi connectivity index (χ2v) is 11.1. The van der Waals surface area contributed by atoms with Crippen molar-refractivity contribution in [1.82, 2.24) is 0 Å². The van der Waals surface area contributed by atoms with Gasteiger partial charge in [-0.1, -0.05) is 92.4 Å². The zero-order valence-corrected chi connectivity index (χ0v) is 22.0. The SMILES string of the molecule is Cc1c(C)c(O)c(CCC(C)CCC[C@H](C)CCC[C@H](C)CCCC(C)C)c(C)c1O. The number of rotatable bonds is 15. The van der Waals surface area contributed by atoms with Crippen molar-refractivity contribution in [2.24, 2.45) is 23.7 Å². The zero-order valence-electron chi connectivity index (χ0n) is 22.0. The highest BCUT2D eigenvalue weighted by Crippen LogP contribution is 2.37. The summed E-state index contributed by atoms with van der Waals surface area (Å²) in [6, 6.07) is 0. The lowest BCUT2D eigenvalue weighted by atomic mass is 9.89. The summed E-state index contributed by atoms with van der Waals surface area (Å²) >= 11 is 0. The van der Waals surface area contributed by atoms with Crippen LogP contribution in [0.5, 0.6) is 11.5 Å². The summed E-state index contributed by atoms with van der Waals surface area (Å²) in [6.07, 6.45) is 14.1. The molecule has 0 saturated heterocycles. The molecule has 0 saturated carbocycles. The van der Waals surface area contributed by atoms with Gasteiger partial charge in [-0.25, -0.2) is 0 Å². The molecule has 0 heterocycles. The monoisotopic (exact) mass is 432 g/mol. The molecule has 0 radical (unpaired) electrons. The van der Waals surface area contributed by atoms with Crippen molar-refractivity contribution in [3.8, 4) is 11.5 Å². The van der Waals surface area contributed by atoms with Crippen LogP contribution in [0.1, 0.15) is 121 Å². The molecule has 0 fully saturated rings. The van der Waals surface area contributed by atoms with E-state index in [1.165, 1.54) is 57.8 Å². The summed E-state index contributed by atoms with van der Waals surface area (Å²) in [5.41, 5.74) is 3.39. The molecular weight excluding hydrogens is 380 g/mol. The second-order valence-electron chi connectivity index (χ2n) is 11.1. The third-order valence-corrected chi connectivity index (χ3v) is 7.52. The molecule has 1 rings (SSSR count). The van der Waals surface area contributed by atoms with Gasteiger partial charge in [0.1, 0.15) is 11.5 Å². The molecular formula is C29H52O2. The summed E-state index contributed by atoms with van der Waals surface area (Å²) < 4.78 is 0. The van der Waals surface area contributed by atoms with Crippen LogP contribution in [0.3, 0.4) is 0 Å². The Morgan fingerprint density at radius 1 is 0.516 bits per heavy atom. The Bertz CT molecular complexity index is 618. The average molecular weight is 433 g/mol. The van der Waals surface area contributed by atoms with Crippen LogP contribution in [-0.4, -0.2) is 10.2 Å². The number of aromatic hydroxyl groups is 2. The number of benzene rings is 1. The molecule has 0 bridgehead atoms. The van der Waals surface area contributed by atoms with E-state index in [1.54, 1.807) is 0 Å². The number of hydrogen-bond donors (Lipinski definition) is 2. The molecule has 0 aliphatic rings. The molecule has 2 N–H and O–H groups in total. The fourth-order valence-corrected chi connectivity index (χ4v) is 4.82. The first-order valence-electron chi connectivity index (χ1n) is 13.0. The molecule has 0 aliphatic heterocycles. The van der Waals surface area contributed by atoms with Gasteiger partial charge in [-0.05, 0) is 74.0 Å². The highest BCUT2D eigenvalue weighted by molar-refractivity contribution is 5.56. The minimum atomic E-state index is 0.348. The molecule has 2 nitrogen and oxygen atoms in total. The molecule has 0 spiro atoms. The Kier molecular flexibility index (Phi) is 12.6. The number of phenols is 2. The standard InChI is InChI=1S/C29H52O2/c1-20(2)12-9-13-21(3)14-10-15-22(4)16-11-17-23(5)18-19-27-26(8)28(30)24(6)25(7)29(27)31/h20-23,30-31H,9-19H2,1-8H3/t21-,22-,23?/m1/s1. The first-order chi connectivity index (χ1) is 14.5. The summed E-state index contributed by atoms with van der Waals surface area (Å²) in [5.74, 6) is 3.94. The predicted octanol–water partition coefficient (Wildman–Crippen LogP) is 9.03. The lowest BCUT2D eigenvalue weighted by molar-refractivity contribution is 0.373. The van der Waals surface area contributed by atoms with Crippen molar-refractivity contribution in [1.29, 1.82) is 0 Å². The lowest BCUT2D eigenvalue weighted by Crippen LogP contribution is -2.03. The smallest absolute Gasteiger partial charge is 0.122 e. The van der Waals surface area contributed by atoms with Crippen LogP contribution in [-0.2, 0) is 6.42 Å². The number of hydrogen-bond acceptors (Lipinski definition) is 2. The maximum atomic E-state index is 10.5. The zero-order chi connectivity index (χ0) is 23.6. The van der Waals surface area contributed by atoms with Crippen molar-refractivity contribution in [2.75, 3.05) is 0 Å². The van der Waals surface area contributed by atoms with E-state index < -0.39 is 0 Å². The fourth-order valence-electron chi connectivity index (χ4n) is 4.82. The van der Waals surface area contributed by atoms with E-state index in [2.05, 4.69) is 34.6 Å². The third-order valence-electron chi connectivity index (χ3n) is 7.52. The molecule has 0 amide bonds. The fraction of sp³-hybridized carbons (Fsp3) is 0.793. The molecule has 1 aromatic rings. The van der Waals surface area contributed by atoms with Gasteiger partial charge in [-0.15, -0.1) is 0 Å². The van der Waals surface area contributed by atoms with Gasteiger partial charge in [-0.2, -0.15) is 0 Å². The van der Waals surface area contributed by atoms with Crippen LogP contribution in [0.2, 0.25) is 0 Å². The minimum Gasteiger partial charge on any atom is -0.507 e. The lowest BCUT2D eigenvalue weighted by Gasteiger charge is -2.18. The Morgan fingerprint density at radius 3 is 1.35 bits per heavy atom. The summed E-state index contributed by atoms with van der Waals surface area (Å²) in [4.78, 5) is 0. The van der Waals surface area contributed by atoms with E-state index in [4.69, 9.17) is 0 Å². The van der Waals surface area contributed by atoms with E-state index in [0.717, 1.165) is 52.8 Å². The third kappa shape index (κ3) is 9.87. The van der Waals surface area contributed by atoms with Crippen LogP contribution in [0, 0.1) is 44.4 Å². The van der Waals surface area contributed by atoms with Gasteiger partial charge in [0.2, 0.25) is 0 Å². The van der Waals surface area contributed by atoms with Gasteiger partial charge in [0.05, 0.1) is 0 Å². The predicted molar refractivity (Wildman–Crippen MR) is 136 cm³/mol. The van der Waals surface area contributed by atoms with Gasteiger partial charge >= 0.3 is 0 Å². The number of phenolic OH excluding ortho intramolecular Hbond substituents is 2. The van der Waals surface area contributed by atoms with Gasteiger partial charge < -0.3 is 10.2 Å². The van der Waals surface area contributed by atoms with Gasteiger partial charge in [0, 0.05) is 5.56 Å². The first-order valence-corrected chi connectivity index (χ1v) is 13.0. The van der Waals surface area contributed by atoms with Crippen molar-refractivity contribution in [3.63, 3.8) is 0 Å². The Balaban J connectivity index is 2.25. The molecule has 0 aromatic heterocycles. The van der Waals surface area contributed by atoms with Crippen LogP contribution < -0.4 is 0 Å². The molecule has 31 heavy (non-hydrogen) atoms. The second kappa shape index (κ2) is 14.1. The van der Waals surface area contributed by atoms with Crippen LogP contribution in [0.15, 0.2) is 0 Å². The van der Waals surface area contributed by atoms with E-state index in [1.807, 2.05) is 20.8 Å². The molecule has 3 atom stereocenters. The molecule has 180 valence electrons. The van der Waals surface area contributed by atoms with Crippen molar-refractivity contribution < 1.29 is 10.2 Å². The van der Waals surface area contributed by atoms with Gasteiger partial charge in [0.25, 0.3) is 0 Å². The highest BCUT2D eigenvalue weighted by atomic mass is 16.3. The van der Waals surface area contributed by atoms with Gasteiger partial charge in [-0.3, -0.25) is 0 Å². The first kappa shape index (κ1) is 27.9. The van der Waals surface area contributed by atoms with E-state index >= 15 is 0 Å². The van der Waals surface area contributed by atoms with Gasteiger partial charge in [0.15, 0.2) is 0 Å². The average Bonchev–Trinajstić information content (AvgIpc) is 2.70.